The van der Waals surface area contributed by atoms with Gasteiger partial charge < -0.3 is 16.2 Å². The van der Waals surface area contributed by atoms with Gasteiger partial charge in [0.05, 0.1) is 0 Å². The lowest BCUT2D eigenvalue weighted by molar-refractivity contribution is -0.155. The van der Waals surface area contributed by atoms with E-state index in [-0.39, 0.29) is 11.8 Å². The smallest absolute Gasteiger partial charge is 0.252 e. The quantitative estimate of drug-likeness (QED) is 0.710. The highest BCUT2D eigenvalue weighted by molar-refractivity contribution is 5.85. The van der Waals surface area contributed by atoms with Gasteiger partial charge in [-0.25, -0.2) is 0 Å². The van der Waals surface area contributed by atoms with Crippen LogP contribution in [0.4, 0.5) is 0 Å². The first-order chi connectivity index (χ1) is 11.9. The molecule has 4 heteroatoms. The number of hydrogen-bond donors (Lipinski definition) is 3. The van der Waals surface area contributed by atoms with Crippen LogP contribution >= 0.6 is 0 Å². The Morgan fingerprint density at radius 2 is 1.92 bits per heavy atom. The molecule has 1 aliphatic carbocycles. The van der Waals surface area contributed by atoms with E-state index in [1.165, 1.54) is 11.1 Å². The van der Waals surface area contributed by atoms with E-state index in [9.17, 15) is 9.90 Å². The first kappa shape index (κ1) is 19.9. The highest BCUT2D eigenvalue weighted by Gasteiger charge is 2.48. The second-order valence-electron chi connectivity index (χ2n) is 7.97. The van der Waals surface area contributed by atoms with E-state index in [1.54, 1.807) is 0 Å². The standard InChI is InChI=1S/C21H34N2O2/c1-15(2)19-9-8-16(3)14-21(19,25)20(24)23-13-11-18-7-5-4-6-17(18)10-12-22/h4-7,15-16,19,25H,8-14,22H2,1-3H3,(H,23,24)/t16-,19+,21+/m1/s1. The summed E-state index contributed by atoms with van der Waals surface area (Å²) in [7, 11) is 0. The van der Waals surface area contributed by atoms with E-state index in [4.69, 9.17) is 5.73 Å². The SMILES string of the molecule is CC(C)[C@@H]1CC[C@@H](C)C[C@@]1(O)C(=O)NCCc1ccccc1CCN. The Morgan fingerprint density at radius 3 is 2.52 bits per heavy atom. The van der Waals surface area contributed by atoms with Crippen LogP contribution < -0.4 is 11.1 Å². The summed E-state index contributed by atoms with van der Waals surface area (Å²) in [4.78, 5) is 12.8. The van der Waals surface area contributed by atoms with Gasteiger partial charge in [-0.2, -0.15) is 0 Å². The fourth-order valence-corrected chi connectivity index (χ4v) is 4.30. The van der Waals surface area contributed by atoms with Crippen molar-refractivity contribution in [2.45, 2.75) is 58.5 Å². The Bertz CT molecular complexity index is 573. The molecule has 0 aromatic heterocycles. The third kappa shape index (κ3) is 4.83. The van der Waals surface area contributed by atoms with Gasteiger partial charge >= 0.3 is 0 Å². The third-order valence-corrected chi connectivity index (χ3v) is 5.65. The molecule has 0 bridgehead atoms. The maximum Gasteiger partial charge on any atom is 0.252 e. The third-order valence-electron chi connectivity index (χ3n) is 5.65. The first-order valence-corrected chi connectivity index (χ1v) is 9.66. The lowest BCUT2D eigenvalue weighted by atomic mass is 9.66. The Labute approximate surface area is 152 Å². The molecule has 0 radical (unpaired) electrons. The van der Waals surface area contributed by atoms with Crippen LogP contribution in [0.3, 0.4) is 0 Å². The fourth-order valence-electron chi connectivity index (χ4n) is 4.30. The van der Waals surface area contributed by atoms with E-state index < -0.39 is 5.60 Å². The minimum absolute atomic E-state index is 0.0354. The Kier molecular flexibility index (Phi) is 7.03. The van der Waals surface area contributed by atoms with Crippen molar-refractivity contribution in [1.29, 1.82) is 0 Å². The number of hydrogen-bond acceptors (Lipinski definition) is 3. The van der Waals surface area contributed by atoms with Gasteiger partial charge in [0.1, 0.15) is 5.60 Å². The lowest BCUT2D eigenvalue weighted by Crippen LogP contribution is -2.56. The van der Waals surface area contributed by atoms with Gasteiger partial charge in [-0.3, -0.25) is 4.79 Å². The molecule has 1 aromatic carbocycles. The summed E-state index contributed by atoms with van der Waals surface area (Å²) in [5.74, 6) is 0.520. The van der Waals surface area contributed by atoms with E-state index in [0.29, 0.717) is 31.3 Å². The van der Waals surface area contributed by atoms with E-state index in [1.807, 2.05) is 12.1 Å². The maximum absolute atomic E-state index is 12.8. The van der Waals surface area contributed by atoms with Crippen LogP contribution in [0.1, 0.15) is 51.2 Å². The topological polar surface area (TPSA) is 75.3 Å². The molecule has 0 heterocycles. The molecule has 0 unspecified atom stereocenters. The molecule has 25 heavy (non-hydrogen) atoms. The fraction of sp³-hybridized carbons (Fsp3) is 0.667. The van der Waals surface area contributed by atoms with Crippen LogP contribution in [0.5, 0.6) is 0 Å². The number of amides is 1. The molecule has 2 rings (SSSR count). The highest BCUT2D eigenvalue weighted by Crippen LogP contribution is 2.41. The van der Waals surface area contributed by atoms with Crippen molar-refractivity contribution >= 4 is 5.91 Å². The van der Waals surface area contributed by atoms with Gasteiger partial charge in [0.25, 0.3) is 5.91 Å². The minimum atomic E-state index is -1.23. The summed E-state index contributed by atoms with van der Waals surface area (Å²) in [5, 5.41) is 14.1. The molecular weight excluding hydrogens is 312 g/mol. The molecule has 0 saturated heterocycles. The first-order valence-electron chi connectivity index (χ1n) is 9.66. The molecule has 1 aromatic rings. The molecular formula is C21H34N2O2. The van der Waals surface area contributed by atoms with Crippen molar-refractivity contribution in [3.8, 4) is 0 Å². The number of aliphatic hydroxyl groups is 1. The predicted octanol–water partition coefficient (Wildman–Crippen LogP) is 2.67. The van der Waals surface area contributed by atoms with Gasteiger partial charge in [-0.15, -0.1) is 0 Å². The highest BCUT2D eigenvalue weighted by atomic mass is 16.3. The van der Waals surface area contributed by atoms with E-state index in [2.05, 4.69) is 38.2 Å². The molecule has 0 aliphatic heterocycles. The molecule has 4 N–H and O–H groups in total. The molecule has 1 saturated carbocycles. The monoisotopic (exact) mass is 346 g/mol. The maximum atomic E-state index is 12.8. The summed E-state index contributed by atoms with van der Waals surface area (Å²) in [6.07, 6.45) is 4.18. The summed E-state index contributed by atoms with van der Waals surface area (Å²) < 4.78 is 0. The van der Waals surface area contributed by atoms with Crippen LogP contribution in [0.25, 0.3) is 0 Å². The number of rotatable bonds is 7. The van der Waals surface area contributed by atoms with Crippen molar-refractivity contribution in [1.82, 2.24) is 5.32 Å². The van der Waals surface area contributed by atoms with Crippen LogP contribution in [0, 0.1) is 17.8 Å². The molecule has 1 fully saturated rings. The van der Waals surface area contributed by atoms with Gasteiger partial charge in [-0.1, -0.05) is 51.5 Å². The largest absolute Gasteiger partial charge is 0.380 e. The van der Waals surface area contributed by atoms with Crippen LogP contribution in [-0.4, -0.2) is 29.7 Å². The number of carbonyl (C=O) groups excluding carboxylic acids is 1. The number of nitrogens with two attached hydrogens (primary N) is 1. The minimum Gasteiger partial charge on any atom is -0.380 e. The Balaban J connectivity index is 1.99. The number of nitrogens with one attached hydrogen (secondary N) is 1. The van der Waals surface area contributed by atoms with Crippen LogP contribution in [0.15, 0.2) is 24.3 Å². The van der Waals surface area contributed by atoms with Crippen molar-refractivity contribution in [3.05, 3.63) is 35.4 Å². The van der Waals surface area contributed by atoms with Gasteiger partial charge in [-0.05, 0) is 61.1 Å². The summed E-state index contributed by atoms with van der Waals surface area (Å²) in [5.41, 5.74) is 6.90. The van der Waals surface area contributed by atoms with Crippen molar-refractivity contribution in [2.75, 3.05) is 13.1 Å². The second-order valence-corrected chi connectivity index (χ2v) is 7.97. The zero-order valence-corrected chi connectivity index (χ0v) is 15.9. The molecule has 3 atom stereocenters. The summed E-state index contributed by atoms with van der Waals surface area (Å²) in [6.45, 7) is 7.49. The van der Waals surface area contributed by atoms with E-state index >= 15 is 0 Å². The Hall–Kier alpha value is -1.39. The summed E-state index contributed by atoms with van der Waals surface area (Å²) >= 11 is 0. The van der Waals surface area contributed by atoms with Crippen LogP contribution in [-0.2, 0) is 17.6 Å². The average molecular weight is 347 g/mol. The van der Waals surface area contributed by atoms with Crippen LogP contribution in [0.2, 0.25) is 0 Å². The van der Waals surface area contributed by atoms with Crippen molar-refractivity contribution in [3.63, 3.8) is 0 Å². The molecule has 4 nitrogen and oxygen atoms in total. The van der Waals surface area contributed by atoms with Gasteiger partial charge in [0.2, 0.25) is 0 Å². The number of benzene rings is 1. The normalized spacial score (nSPS) is 26.6. The zero-order chi connectivity index (χ0) is 18.4. The molecule has 0 spiro atoms. The summed E-state index contributed by atoms with van der Waals surface area (Å²) in [6, 6.07) is 8.22. The number of carbonyl (C=O) groups is 1. The lowest BCUT2D eigenvalue weighted by Gasteiger charge is -2.43. The van der Waals surface area contributed by atoms with Crippen molar-refractivity contribution < 1.29 is 9.90 Å². The molecule has 140 valence electrons. The van der Waals surface area contributed by atoms with Gasteiger partial charge in [0, 0.05) is 6.54 Å². The molecule has 1 aliphatic rings. The van der Waals surface area contributed by atoms with Crippen molar-refractivity contribution in [2.24, 2.45) is 23.5 Å². The Morgan fingerprint density at radius 1 is 1.28 bits per heavy atom. The predicted molar refractivity (Wildman–Crippen MR) is 102 cm³/mol. The zero-order valence-electron chi connectivity index (χ0n) is 15.9. The average Bonchev–Trinajstić information content (AvgIpc) is 2.56. The second kappa shape index (κ2) is 8.81. The molecule has 1 amide bonds. The van der Waals surface area contributed by atoms with Gasteiger partial charge in [0.15, 0.2) is 0 Å². The van der Waals surface area contributed by atoms with E-state index in [0.717, 1.165) is 25.7 Å².